The van der Waals surface area contributed by atoms with Gasteiger partial charge in [0.2, 0.25) is 11.7 Å². The van der Waals surface area contributed by atoms with Crippen LogP contribution in [0.3, 0.4) is 0 Å². The van der Waals surface area contributed by atoms with E-state index in [0.717, 1.165) is 0 Å². The summed E-state index contributed by atoms with van der Waals surface area (Å²) in [5.74, 6) is -1.03. The Labute approximate surface area is 163 Å². The van der Waals surface area contributed by atoms with Crippen LogP contribution in [0.15, 0.2) is 6.20 Å². The molecule has 11 heteroatoms. The average Bonchev–Trinajstić information content (AvgIpc) is 2.93. The molecule has 28 heavy (non-hydrogen) atoms. The van der Waals surface area contributed by atoms with Crippen LogP contribution in [-0.2, 0) is 26.1 Å². The van der Waals surface area contributed by atoms with Crippen LogP contribution in [0.1, 0.15) is 44.2 Å². The summed E-state index contributed by atoms with van der Waals surface area (Å²) in [4.78, 5) is 50.6. The Morgan fingerprint density at radius 3 is 2.36 bits per heavy atom. The van der Waals surface area contributed by atoms with Gasteiger partial charge in [0.25, 0.3) is 5.91 Å². The average molecular weight is 397 g/mol. The van der Waals surface area contributed by atoms with Gasteiger partial charge < -0.3 is 30.0 Å². The van der Waals surface area contributed by atoms with E-state index in [9.17, 15) is 19.2 Å². The molecule has 0 radical (unpaired) electrons. The van der Waals surface area contributed by atoms with E-state index in [2.05, 4.69) is 25.7 Å². The largest absolute Gasteiger partial charge is 0.469 e. The van der Waals surface area contributed by atoms with Crippen molar-refractivity contribution in [2.75, 3.05) is 25.5 Å². The third kappa shape index (κ3) is 8.52. The minimum Gasteiger partial charge on any atom is -0.469 e. The number of carbonyl (C=O) groups is 4. The lowest BCUT2D eigenvalue weighted by Gasteiger charge is -2.19. The second-order valence-electron chi connectivity index (χ2n) is 6.87. The molecule has 11 nitrogen and oxygen atoms in total. The first kappa shape index (κ1) is 22.9. The Balaban J connectivity index is 2.45. The quantitative estimate of drug-likeness (QED) is 0.545. The van der Waals surface area contributed by atoms with Crippen LogP contribution in [0, 0.1) is 0 Å². The summed E-state index contributed by atoms with van der Waals surface area (Å²) in [6.07, 6.45) is 0.926. The molecule has 0 aliphatic rings. The second-order valence-corrected chi connectivity index (χ2v) is 6.87. The van der Waals surface area contributed by atoms with Crippen LogP contribution in [0.2, 0.25) is 0 Å². The first-order valence-corrected chi connectivity index (χ1v) is 8.67. The number of rotatable bonds is 8. The lowest BCUT2D eigenvalue weighted by atomic mass is 10.2. The number of anilines is 1. The molecule has 0 saturated heterocycles. The molecule has 1 heterocycles. The van der Waals surface area contributed by atoms with Crippen molar-refractivity contribution >= 4 is 29.7 Å². The maximum absolute atomic E-state index is 12.1. The van der Waals surface area contributed by atoms with Crippen molar-refractivity contribution < 1.29 is 28.7 Å². The van der Waals surface area contributed by atoms with Gasteiger partial charge in [0.15, 0.2) is 5.82 Å². The summed E-state index contributed by atoms with van der Waals surface area (Å²) in [5, 5.41) is 7.56. The number of amides is 3. The maximum Gasteiger partial charge on any atom is 0.407 e. The molecule has 0 aliphatic carbocycles. The normalized spacial score (nSPS) is 10.8. The fourth-order valence-corrected chi connectivity index (χ4v) is 1.99. The van der Waals surface area contributed by atoms with Crippen molar-refractivity contribution in [1.29, 1.82) is 0 Å². The van der Waals surface area contributed by atoms with Gasteiger partial charge in [-0.05, 0) is 20.8 Å². The Bertz CT molecular complexity index is 722. The van der Waals surface area contributed by atoms with E-state index in [4.69, 9.17) is 4.74 Å². The van der Waals surface area contributed by atoms with Gasteiger partial charge in [0, 0.05) is 32.8 Å². The van der Waals surface area contributed by atoms with Crippen molar-refractivity contribution in [2.24, 2.45) is 7.05 Å². The monoisotopic (exact) mass is 397 g/mol. The third-order valence-electron chi connectivity index (χ3n) is 3.21. The first-order chi connectivity index (χ1) is 13.0. The number of aromatic nitrogens is 2. The van der Waals surface area contributed by atoms with Crippen molar-refractivity contribution in [1.82, 2.24) is 20.2 Å². The lowest BCUT2D eigenvalue weighted by molar-refractivity contribution is -0.140. The lowest BCUT2D eigenvalue weighted by Crippen LogP contribution is -2.34. The van der Waals surface area contributed by atoms with Crippen molar-refractivity contribution in [3.05, 3.63) is 12.0 Å². The van der Waals surface area contributed by atoms with E-state index in [1.54, 1.807) is 27.8 Å². The van der Waals surface area contributed by atoms with Gasteiger partial charge in [0.05, 0.1) is 13.5 Å². The predicted octanol–water partition coefficient (Wildman–Crippen LogP) is 0.566. The zero-order valence-electron chi connectivity index (χ0n) is 16.7. The van der Waals surface area contributed by atoms with Crippen molar-refractivity contribution in [2.45, 2.75) is 39.2 Å². The molecule has 0 bridgehead atoms. The maximum atomic E-state index is 12.1. The van der Waals surface area contributed by atoms with Crippen LogP contribution in [0.4, 0.5) is 10.6 Å². The Kier molecular flexibility index (Phi) is 8.42. The molecule has 1 aromatic heterocycles. The van der Waals surface area contributed by atoms with Gasteiger partial charge in [-0.25, -0.2) is 9.78 Å². The van der Waals surface area contributed by atoms with Gasteiger partial charge in [-0.1, -0.05) is 0 Å². The molecule has 0 fully saturated rings. The summed E-state index contributed by atoms with van der Waals surface area (Å²) < 4.78 is 11.0. The smallest absolute Gasteiger partial charge is 0.407 e. The molecule has 0 spiro atoms. The molecule has 3 amide bonds. The van der Waals surface area contributed by atoms with Gasteiger partial charge in [-0.15, -0.1) is 0 Å². The molecular weight excluding hydrogens is 370 g/mol. The summed E-state index contributed by atoms with van der Waals surface area (Å²) in [6, 6.07) is 0. The summed E-state index contributed by atoms with van der Waals surface area (Å²) >= 11 is 0. The number of aryl methyl sites for hydroxylation is 1. The zero-order chi connectivity index (χ0) is 21.3. The number of ether oxygens (including phenoxy) is 2. The van der Waals surface area contributed by atoms with E-state index < -0.39 is 23.6 Å². The summed E-state index contributed by atoms with van der Waals surface area (Å²) in [5.41, 5.74) is -0.617. The number of carbonyl (C=O) groups excluding carboxylic acids is 4. The number of alkyl carbamates (subject to hydrolysis) is 1. The number of nitrogens with zero attached hydrogens (tertiary/aromatic N) is 2. The van der Waals surface area contributed by atoms with E-state index in [0.29, 0.717) is 0 Å². The fraction of sp³-hybridized carbons (Fsp3) is 0.588. The fourth-order valence-electron chi connectivity index (χ4n) is 1.99. The molecule has 0 saturated carbocycles. The van der Waals surface area contributed by atoms with Crippen LogP contribution >= 0.6 is 0 Å². The Hall–Kier alpha value is -3.11. The van der Waals surface area contributed by atoms with Crippen LogP contribution in [-0.4, -0.2) is 59.2 Å². The highest BCUT2D eigenvalue weighted by Gasteiger charge is 2.17. The second kappa shape index (κ2) is 10.3. The number of esters is 1. The number of imidazole rings is 1. The van der Waals surface area contributed by atoms with Crippen molar-refractivity contribution in [3.8, 4) is 0 Å². The number of hydrogen-bond acceptors (Lipinski definition) is 7. The van der Waals surface area contributed by atoms with Crippen LogP contribution in [0.25, 0.3) is 0 Å². The topological polar surface area (TPSA) is 141 Å². The Morgan fingerprint density at radius 1 is 1.11 bits per heavy atom. The van der Waals surface area contributed by atoms with E-state index in [1.165, 1.54) is 17.9 Å². The number of nitrogens with one attached hydrogen (secondary N) is 3. The highest BCUT2D eigenvalue weighted by Crippen LogP contribution is 2.08. The summed E-state index contributed by atoms with van der Waals surface area (Å²) in [7, 11) is 2.86. The molecule has 156 valence electrons. The zero-order valence-corrected chi connectivity index (χ0v) is 16.7. The van der Waals surface area contributed by atoms with Gasteiger partial charge in [0.1, 0.15) is 5.60 Å². The molecular formula is C17H27N5O6. The van der Waals surface area contributed by atoms with Crippen LogP contribution < -0.4 is 16.0 Å². The van der Waals surface area contributed by atoms with E-state index in [1.807, 2.05) is 0 Å². The van der Waals surface area contributed by atoms with Crippen LogP contribution in [0.5, 0.6) is 0 Å². The molecule has 0 unspecified atom stereocenters. The number of hydrogen-bond donors (Lipinski definition) is 3. The minimum absolute atomic E-state index is 0.0104. The van der Waals surface area contributed by atoms with Gasteiger partial charge >= 0.3 is 12.1 Å². The molecule has 0 aromatic carbocycles. The molecule has 3 N–H and O–H groups in total. The van der Waals surface area contributed by atoms with E-state index >= 15 is 0 Å². The number of methoxy groups -OCH3 is 1. The first-order valence-electron chi connectivity index (χ1n) is 8.67. The molecule has 1 rings (SSSR count). The molecule has 0 atom stereocenters. The third-order valence-corrected chi connectivity index (χ3v) is 3.21. The minimum atomic E-state index is -0.617. The van der Waals surface area contributed by atoms with E-state index in [-0.39, 0.29) is 43.5 Å². The van der Waals surface area contributed by atoms with Gasteiger partial charge in [-0.2, -0.15) is 0 Å². The van der Waals surface area contributed by atoms with Crippen molar-refractivity contribution in [3.63, 3.8) is 0 Å². The van der Waals surface area contributed by atoms with Gasteiger partial charge in [-0.3, -0.25) is 14.4 Å². The molecule has 1 aromatic rings. The highest BCUT2D eigenvalue weighted by molar-refractivity contribution is 5.94. The summed E-state index contributed by atoms with van der Waals surface area (Å²) in [6.45, 7) is 5.42. The Morgan fingerprint density at radius 2 is 1.75 bits per heavy atom. The molecule has 0 aliphatic heterocycles. The SMILES string of the molecule is COC(=O)CCNC(=O)c1nc(NC(=O)CCNC(=O)OC(C)(C)C)cn1C. The highest BCUT2D eigenvalue weighted by atomic mass is 16.6. The predicted molar refractivity (Wildman–Crippen MR) is 99.7 cm³/mol. The standard InChI is InChI=1S/C17H27N5O6/c1-17(2,3)28-16(26)19-8-6-12(23)20-11-10-22(4)14(21-11)15(25)18-9-7-13(24)27-5/h10H,6-9H2,1-5H3,(H,18,25)(H,19,26)(H,20,23).